The molecule has 11 heteroatoms. The number of barbiturate groups is 1. The van der Waals surface area contributed by atoms with Gasteiger partial charge in [-0.05, 0) is 84.2 Å². The Hall–Kier alpha value is -3.47. The number of halogens is 3. The lowest BCUT2D eigenvalue weighted by Gasteiger charge is -2.26. The van der Waals surface area contributed by atoms with Crippen molar-refractivity contribution in [1.82, 2.24) is 5.32 Å². The van der Waals surface area contributed by atoms with Gasteiger partial charge in [0.2, 0.25) is 0 Å². The normalized spacial score (nSPS) is 14.5. The second kappa shape index (κ2) is 11.7. The van der Waals surface area contributed by atoms with Crippen LogP contribution in [0.1, 0.15) is 22.3 Å². The van der Waals surface area contributed by atoms with Crippen LogP contribution in [0.4, 0.5) is 16.2 Å². The second-order valence-electron chi connectivity index (χ2n) is 8.85. The van der Waals surface area contributed by atoms with Gasteiger partial charge in [0.25, 0.3) is 17.7 Å². The highest BCUT2D eigenvalue weighted by Gasteiger charge is 2.37. The summed E-state index contributed by atoms with van der Waals surface area (Å²) in [5, 5.41) is 5.36. The number of anilines is 2. The van der Waals surface area contributed by atoms with E-state index in [1.165, 1.54) is 12.1 Å². The Labute approximate surface area is 246 Å². The van der Waals surface area contributed by atoms with Gasteiger partial charge in [0.05, 0.1) is 10.2 Å². The molecule has 3 aromatic rings. The minimum atomic E-state index is -0.892. The van der Waals surface area contributed by atoms with Gasteiger partial charge in [-0.25, -0.2) is 9.69 Å². The topological polar surface area (TPSA) is 105 Å². The number of nitrogens with one attached hydrogen (secondary N) is 2. The minimum Gasteiger partial charge on any atom is -0.482 e. The van der Waals surface area contributed by atoms with Crippen LogP contribution in [0.25, 0.3) is 6.08 Å². The Morgan fingerprint density at radius 1 is 1.03 bits per heavy atom. The largest absolute Gasteiger partial charge is 0.482 e. The van der Waals surface area contributed by atoms with Crippen molar-refractivity contribution in [3.8, 4) is 5.75 Å². The number of benzene rings is 3. The average Bonchev–Trinajstić information content (AvgIpc) is 2.85. The first-order chi connectivity index (χ1) is 18.4. The number of hydrogen-bond donors (Lipinski definition) is 2. The summed E-state index contributed by atoms with van der Waals surface area (Å²) in [5.41, 5.74) is 3.64. The summed E-state index contributed by atoms with van der Waals surface area (Å²) in [7, 11) is 0. The first kappa shape index (κ1) is 28.5. The number of nitrogens with zero attached hydrogens (tertiary/aromatic N) is 1. The molecule has 1 saturated heterocycles. The van der Waals surface area contributed by atoms with Crippen LogP contribution in [-0.4, -0.2) is 30.4 Å². The van der Waals surface area contributed by atoms with E-state index in [2.05, 4.69) is 42.5 Å². The quantitative estimate of drug-likeness (QED) is 0.230. The molecule has 5 amide bonds. The van der Waals surface area contributed by atoms with Gasteiger partial charge in [0.15, 0.2) is 6.61 Å². The molecule has 0 bridgehead atoms. The van der Waals surface area contributed by atoms with Crippen LogP contribution in [0.5, 0.6) is 5.75 Å². The smallest absolute Gasteiger partial charge is 0.335 e. The van der Waals surface area contributed by atoms with Crippen molar-refractivity contribution in [3.05, 3.63) is 90.3 Å². The van der Waals surface area contributed by atoms with E-state index >= 15 is 0 Å². The lowest BCUT2D eigenvalue weighted by Crippen LogP contribution is -2.54. The standard InChI is InChI=1S/C28H22Br2ClN3O5/c1-14-4-7-23(16(3)8-14)32-24(35)13-39-25-17(9-18(29)11-21(25)30)10-20-26(36)33-28(38)34(27(20)37)19-6-5-15(2)22(31)12-19/h4-12H,13H2,1-3H3,(H,32,35)(H,33,36,38)/b20-10+. The maximum Gasteiger partial charge on any atom is 0.335 e. The van der Waals surface area contributed by atoms with Gasteiger partial charge in [-0.15, -0.1) is 0 Å². The van der Waals surface area contributed by atoms with Crippen LogP contribution in [0.2, 0.25) is 5.02 Å². The van der Waals surface area contributed by atoms with Crippen LogP contribution in [0.15, 0.2) is 63.0 Å². The van der Waals surface area contributed by atoms with E-state index in [4.69, 9.17) is 16.3 Å². The second-order valence-corrected chi connectivity index (χ2v) is 11.0. The SMILES string of the molecule is Cc1ccc(NC(=O)COc2c(Br)cc(Br)cc2/C=C2\C(=O)NC(=O)N(c3ccc(C)c(Cl)c3)C2=O)c(C)c1. The molecule has 0 radical (unpaired) electrons. The number of aryl methyl sites for hydroxylation is 3. The third kappa shape index (κ3) is 6.41. The number of hydrogen-bond acceptors (Lipinski definition) is 5. The lowest BCUT2D eigenvalue weighted by molar-refractivity contribution is -0.122. The van der Waals surface area contributed by atoms with Gasteiger partial charge in [-0.1, -0.05) is 51.3 Å². The zero-order valence-corrected chi connectivity index (χ0v) is 25.0. The highest BCUT2D eigenvalue weighted by Crippen LogP contribution is 2.35. The van der Waals surface area contributed by atoms with E-state index in [-0.39, 0.29) is 23.6 Å². The van der Waals surface area contributed by atoms with Crippen LogP contribution >= 0.6 is 43.5 Å². The number of amides is 5. The number of ether oxygens (including phenoxy) is 1. The van der Waals surface area contributed by atoms with Gasteiger partial charge in [-0.2, -0.15) is 0 Å². The van der Waals surface area contributed by atoms with Gasteiger partial charge in [0.1, 0.15) is 11.3 Å². The molecule has 3 aromatic carbocycles. The fourth-order valence-corrected chi connectivity index (χ4v) is 5.43. The Balaban J connectivity index is 1.63. The summed E-state index contributed by atoms with van der Waals surface area (Å²) in [6.45, 7) is 5.30. The van der Waals surface area contributed by atoms with Crippen LogP contribution < -0.4 is 20.3 Å². The van der Waals surface area contributed by atoms with E-state index < -0.39 is 23.8 Å². The molecule has 0 aromatic heterocycles. The molecule has 0 unspecified atom stereocenters. The van der Waals surface area contributed by atoms with Crippen LogP contribution in [0.3, 0.4) is 0 Å². The molecule has 0 spiro atoms. The summed E-state index contributed by atoms with van der Waals surface area (Å²) in [6.07, 6.45) is 1.31. The van der Waals surface area contributed by atoms with Crippen LogP contribution in [-0.2, 0) is 14.4 Å². The van der Waals surface area contributed by atoms with Crippen molar-refractivity contribution >= 4 is 84.7 Å². The van der Waals surface area contributed by atoms with E-state index in [1.54, 1.807) is 31.2 Å². The number of rotatable bonds is 6. The first-order valence-corrected chi connectivity index (χ1v) is 13.6. The Kier molecular flexibility index (Phi) is 8.58. The maximum atomic E-state index is 13.4. The number of imide groups is 2. The van der Waals surface area contributed by atoms with Crippen LogP contribution in [0, 0.1) is 20.8 Å². The summed E-state index contributed by atoms with van der Waals surface area (Å²) in [6, 6.07) is 12.8. The molecular weight excluding hydrogens is 654 g/mol. The molecule has 39 heavy (non-hydrogen) atoms. The predicted molar refractivity (Wildman–Crippen MR) is 157 cm³/mol. The third-order valence-corrected chi connectivity index (χ3v) is 7.31. The number of carbonyl (C=O) groups is 4. The highest BCUT2D eigenvalue weighted by atomic mass is 79.9. The summed E-state index contributed by atoms with van der Waals surface area (Å²) >= 11 is 13.0. The molecule has 1 fully saturated rings. The highest BCUT2D eigenvalue weighted by molar-refractivity contribution is 9.11. The summed E-state index contributed by atoms with van der Waals surface area (Å²) < 4.78 is 6.93. The number of urea groups is 1. The molecule has 200 valence electrons. The van der Waals surface area contributed by atoms with Crippen molar-refractivity contribution in [3.63, 3.8) is 0 Å². The summed E-state index contributed by atoms with van der Waals surface area (Å²) in [4.78, 5) is 52.1. The number of carbonyl (C=O) groups excluding carboxylic acids is 4. The zero-order valence-electron chi connectivity index (χ0n) is 21.0. The molecule has 4 rings (SSSR count). The Morgan fingerprint density at radius 3 is 2.46 bits per heavy atom. The summed E-state index contributed by atoms with van der Waals surface area (Å²) in [5.74, 6) is -1.87. The first-order valence-electron chi connectivity index (χ1n) is 11.6. The Morgan fingerprint density at radius 2 is 1.77 bits per heavy atom. The van der Waals surface area contributed by atoms with Crippen molar-refractivity contribution < 1.29 is 23.9 Å². The molecule has 0 atom stereocenters. The van der Waals surface area contributed by atoms with Gasteiger partial charge >= 0.3 is 6.03 Å². The van der Waals surface area contributed by atoms with Gasteiger partial charge in [-0.3, -0.25) is 19.7 Å². The maximum absolute atomic E-state index is 13.4. The van der Waals surface area contributed by atoms with Crippen molar-refractivity contribution in [2.45, 2.75) is 20.8 Å². The molecule has 0 aliphatic carbocycles. The van der Waals surface area contributed by atoms with E-state index in [1.807, 2.05) is 32.0 Å². The molecule has 2 N–H and O–H groups in total. The lowest BCUT2D eigenvalue weighted by atomic mass is 10.1. The van der Waals surface area contributed by atoms with Gasteiger partial charge < -0.3 is 10.1 Å². The predicted octanol–water partition coefficient (Wildman–Crippen LogP) is 6.47. The molecule has 0 saturated carbocycles. The molecule has 1 heterocycles. The van der Waals surface area contributed by atoms with Crippen molar-refractivity contribution in [2.24, 2.45) is 0 Å². The van der Waals surface area contributed by atoms with Gasteiger partial charge in [0, 0.05) is 20.7 Å². The van der Waals surface area contributed by atoms with E-state index in [9.17, 15) is 19.2 Å². The van der Waals surface area contributed by atoms with E-state index in [0.29, 0.717) is 25.2 Å². The minimum absolute atomic E-state index is 0.210. The van der Waals surface area contributed by atoms with Crippen molar-refractivity contribution in [2.75, 3.05) is 16.8 Å². The zero-order chi connectivity index (χ0) is 28.4. The van der Waals surface area contributed by atoms with E-state index in [0.717, 1.165) is 21.6 Å². The fraction of sp³-hybridized carbons (Fsp3) is 0.143. The third-order valence-electron chi connectivity index (χ3n) is 5.86. The molecular formula is C28H22Br2ClN3O5. The molecule has 8 nitrogen and oxygen atoms in total. The molecule has 1 aliphatic rings. The molecule has 1 aliphatic heterocycles. The van der Waals surface area contributed by atoms with Crippen molar-refractivity contribution in [1.29, 1.82) is 0 Å². The fourth-order valence-electron chi connectivity index (χ4n) is 3.89. The Bertz CT molecular complexity index is 1570. The average molecular weight is 676 g/mol. The monoisotopic (exact) mass is 673 g/mol.